The summed E-state index contributed by atoms with van der Waals surface area (Å²) in [5.74, 6) is -0.993. The average molecular weight is 434 g/mol. The number of hydrogen-bond donors (Lipinski definition) is 1. The zero-order valence-electron chi connectivity index (χ0n) is 17.7. The highest BCUT2D eigenvalue weighted by Gasteiger charge is 2.28. The molecule has 3 aromatic rings. The first kappa shape index (κ1) is 21.4. The lowest BCUT2D eigenvalue weighted by atomic mass is 10.1. The zero-order chi connectivity index (χ0) is 22.7. The van der Waals surface area contributed by atoms with Crippen molar-refractivity contribution >= 4 is 17.7 Å². The summed E-state index contributed by atoms with van der Waals surface area (Å²) >= 11 is 0. The topological polar surface area (TPSA) is 84.3 Å². The van der Waals surface area contributed by atoms with Crippen molar-refractivity contribution in [1.82, 2.24) is 20.0 Å². The third-order valence-corrected chi connectivity index (χ3v) is 5.37. The van der Waals surface area contributed by atoms with Crippen LogP contribution in [0.3, 0.4) is 0 Å². The Hall–Kier alpha value is -3.81. The highest BCUT2D eigenvalue weighted by molar-refractivity contribution is 6.02. The minimum atomic E-state index is -0.354. The van der Waals surface area contributed by atoms with Crippen LogP contribution in [-0.4, -0.2) is 45.5 Å². The lowest BCUT2D eigenvalue weighted by Gasteiger charge is -2.13. The molecule has 0 bridgehead atoms. The van der Waals surface area contributed by atoms with E-state index in [1.807, 2.05) is 31.2 Å². The Balaban J connectivity index is 1.52. The van der Waals surface area contributed by atoms with E-state index in [1.54, 1.807) is 23.0 Å². The highest BCUT2D eigenvalue weighted by Crippen LogP contribution is 2.24. The van der Waals surface area contributed by atoms with Gasteiger partial charge in [0.25, 0.3) is 5.91 Å². The van der Waals surface area contributed by atoms with Crippen molar-refractivity contribution in [1.29, 1.82) is 0 Å². The maximum Gasteiger partial charge on any atom is 0.255 e. The molecule has 1 aromatic heterocycles. The van der Waals surface area contributed by atoms with Gasteiger partial charge >= 0.3 is 0 Å². The third kappa shape index (κ3) is 4.59. The average Bonchev–Trinajstić information content (AvgIpc) is 3.36. The normalized spacial score (nSPS) is 13.6. The van der Waals surface area contributed by atoms with Gasteiger partial charge in [-0.15, -0.1) is 0 Å². The second-order valence-corrected chi connectivity index (χ2v) is 7.73. The summed E-state index contributed by atoms with van der Waals surface area (Å²) in [5, 5.41) is 7.42. The predicted molar refractivity (Wildman–Crippen MR) is 117 cm³/mol. The van der Waals surface area contributed by atoms with Gasteiger partial charge in [-0.1, -0.05) is 29.8 Å². The Kier molecular flexibility index (Phi) is 6.11. The lowest BCUT2D eigenvalue weighted by molar-refractivity contribution is -0.138. The van der Waals surface area contributed by atoms with Crippen molar-refractivity contribution in [3.8, 4) is 16.9 Å². The van der Waals surface area contributed by atoms with Crippen LogP contribution in [0.25, 0.3) is 16.9 Å². The molecule has 2 heterocycles. The molecule has 0 aliphatic carbocycles. The van der Waals surface area contributed by atoms with Gasteiger partial charge in [0.2, 0.25) is 11.8 Å². The summed E-state index contributed by atoms with van der Waals surface area (Å²) in [7, 11) is 0. The number of rotatable bonds is 7. The first-order valence-corrected chi connectivity index (χ1v) is 10.5. The van der Waals surface area contributed by atoms with E-state index in [2.05, 4.69) is 10.4 Å². The third-order valence-electron chi connectivity index (χ3n) is 5.37. The molecule has 0 radical (unpaired) electrons. The van der Waals surface area contributed by atoms with Crippen molar-refractivity contribution < 1.29 is 18.8 Å². The molecule has 4 rings (SSSR count). The first-order valence-electron chi connectivity index (χ1n) is 10.5. The van der Waals surface area contributed by atoms with E-state index in [0.717, 1.165) is 11.1 Å². The van der Waals surface area contributed by atoms with Gasteiger partial charge in [0.1, 0.15) is 11.5 Å². The van der Waals surface area contributed by atoms with E-state index in [4.69, 9.17) is 0 Å². The molecule has 7 nitrogen and oxygen atoms in total. The number of halogens is 1. The molecule has 164 valence electrons. The Morgan fingerprint density at radius 3 is 2.34 bits per heavy atom. The van der Waals surface area contributed by atoms with Crippen LogP contribution in [0.5, 0.6) is 0 Å². The molecule has 3 amide bonds. The second kappa shape index (κ2) is 9.13. The molecule has 0 saturated carbocycles. The molecular formula is C24H23FN4O3. The van der Waals surface area contributed by atoms with Gasteiger partial charge in [-0.3, -0.25) is 19.3 Å². The summed E-state index contributed by atoms with van der Waals surface area (Å²) in [4.78, 5) is 37.6. The van der Waals surface area contributed by atoms with E-state index >= 15 is 0 Å². The smallest absolute Gasteiger partial charge is 0.255 e. The van der Waals surface area contributed by atoms with Crippen molar-refractivity contribution in [2.75, 3.05) is 13.1 Å². The van der Waals surface area contributed by atoms with E-state index in [9.17, 15) is 18.8 Å². The fourth-order valence-electron chi connectivity index (χ4n) is 3.60. The summed E-state index contributed by atoms with van der Waals surface area (Å²) in [5.41, 5.74) is 3.40. The Morgan fingerprint density at radius 1 is 1.03 bits per heavy atom. The van der Waals surface area contributed by atoms with Crippen LogP contribution in [0.2, 0.25) is 0 Å². The fraction of sp³-hybridized carbons (Fsp3) is 0.250. The molecule has 32 heavy (non-hydrogen) atoms. The molecule has 0 spiro atoms. The quantitative estimate of drug-likeness (QED) is 0.457. The van der Waals surface area contributed by atoms with Crippen LogP contribution in [0.1, 0.15) is 35.2 Å². The standard InChI is InChI=1S/C24H23FN4O3/c1-16-3-5-17(6-4-16)23-20(15-29(27-23)19-9-7-18(25)8-10-19)24(32)26-13-2-14-28-21(30)11-12-22(28)31/h3-10,15H,2,11-14H2,1H3,(H,26,32). The van der Waals surface area contributed by atoms with Crippen molar-refractivity contribution in [2.24, 2.45) is 0 Å². The summed E-state index contributed by atoms with van der Waals surface area (Å²) in [6, 6.07) is 13.5. The Labute approximate surface area is 184 Å². The monoisotopic (exact) mass is 434 g/mol. The number of hydrogen-bond acceptors (Lipinski definition) is 4. The van der Waals surface area contributed by atoms with Crippen LogP contribution in [0, 0.1) is 12.7 Å². The van der Waals surface area contributed by atoms with Crippen molar-refractivity contribution in [3.63, 3.8) is 0 Å². The van der Waals surface area contributed by atoms with Crippen LogP contribution < -0.4 is 5.32 Å². The molecule has 1 aliphatic rings. The summed E-state index contributed by atoms with van der Waals surface area (Å²) < 4.78 is 14.9. The lowest BCUT2D eigenvalue weighted by Crippen LogP contribution is -2.33. The Bertz CT molecular complexity index is 1140. The number of aromatic nitrogens is 2. The number of imide groups is 1. The minimum absolute atomic E-state index is 0.163. The van der Waals surface area contributed by atoms with Gasteiger partial charge < -0.3 is 5.32 Å². The van der Waals surface area contributed by atoms with E-state index < -0.39 is 0 Å². The summed E-state index contributed by atoms with van der Waals surface area (Å²) in [6.07, 6.45) is 2.60. The number of benzene rings is 2. The number of carbonyl (C=O) groups is 3. The van der Waals surface area contributed by atoms with Gasteiger partial charge in [-0.2, -0.15) is 5.10 Å². The molecule has 0 unspecified atom stereocenters. The zero-order valence-corrected chi connectivity index (χ0v) is 17.7. The van der Waals surface area contributed by atoms with Gasteiger partial charge in [0.15, 0.2) is 0 Å². The number of nitrogens with one attached hydrogen (secondary N) is 1. The largest absolute Gasteiger partial charge is 0.352 e. The first-order chi connectivity index (χ1) is 15.4. The van der Waals surface area contributed by atoms with Gasteiger partial charge in [-0.05, 0) is 37.6 Å². The Morgan fingerprint density at radius 2 is 1.69 bits per heavy atom. The number of likely N-dealkylation sites (tertiary alicyclic amines) is 1. The molecular weight excluding hydrogens is 411 g/mol. The maximum absolute atomic E-state index is 13.3. The molecule has 1 saturated heterocycles. The highest BCUT2D eigenvalue weighted by atomic mass is 19.1. The van der Waals surface area contributed by atoms with Gasteiger partial charge in [0.05, 0.1) is 11.3 Å². The molecule has 8 heteroatoms. The van der Waals surface area contributed by atoms with Crippen LogP contribution in [0.4, 0.5) is 4.39 Å². The van der Waals surface area contributed by atoms with Gasteiger partial charge in [0, 0.05) is 37.7 Å². The number of nitrogens with zero attached hydrogens (tertiary/aromatic N) is 3. The molecule has 1 aliphatic heterocycles. The SMILES string of the molecule is Cc1ccc(-c2nn(-c3ccc(F)cc3)cc2C(=O)NCCCN2C(=O)CCC2=O)cc1. The van der Waals surface area contributed by atoms with Crippen molar-refractivity contribution in [2.45, 2.75) is 26.2 Å². The molecule has 1 fully saturated rings. The van der Waals surface area contributed by atoms with E-state index in [0.29, 0.717) is 29.9 Å². The van der Waals surface area contributed by atoms with Gasteiger partial charge in [-0.25, -0.2) is 9.07 Å². The fourth-order valence-corrected chi connectivity index (χ4v) is 3.60. The number of carbonyl (C=O) groups excluding carboxylic acids is 3. The minimum Gasteiger partial charge on any atom is -0.352 e. The number of aryl methyl sites for hydroxylation is 1. The molecule has 2 aromatic carbocycles. The summed E-state index contributed by atoms with van der Waals surface area (Å²) in [6.45, 7) is 2.58. The van der Waals surface area contributed by atoms with E-state index in [1.165, 1.54) is 17.0 Å². The molecule has 1 N–H and O–H groups in total. The predicted octanol–water partition coefficient (Wildman–Crippen LogP) is 3.26. The van der Waals surface area contributed by atoms with E-state index in [-0.39, 0.29) is 42.9 Å². The van der Waals surface area contributed by atoms with Crippen molar-refractivity contribution in [3.05, 3.63) is 71.7 Å². The second-order valence-electron chi connectivity index (χ2n) is 7.73. The number of amides is 3. The van der Waals surface area contributed by atoms with Crippen LogP contribution in [0.15, 0.2) is 54.7 Å². The van der Waals surface area contributed by atoms with Crippen LogP contribution in [-0.2, 0) is 9.59 Å². The maximum atomic E-state index is 13.3. The molecule has 0 atom stereocenters. The van der Waals surface area contributed by atoms with Crippen LogP contribution >= 0.6 is 0 Å².